The summed E-state index contributed by atoms with van der Waals surface area (Å²) in [7, 11) is -3.73. The molecule has 230 valence electrons. The fourth-order valence-electron chi connectivity index (χ4n) is 4.32. The number of hydrogen-bond donors (Lipinski definition) is 1. The molecule has 0 fully saturated rings. The maximum absolute atomic E-state index is 15.2. The van der Waals surface area contributed by atoms with E-state index < -0.39 is 56.0 Å². The lowest BCUT2D eigenvalue weighted by Crippen LogP contribution is -2.36. The second-order valence-corrected chi connectivity index (χ2v) is 12.8. The Morgan fingerprint density at radius 3 is 2.17 bits per heavy atom. The molecular weight excluding hydrogens is 608 g/mol. The van der Waals surface area contributed by atoms with E-state index in [-0.39, 0.29) is 47.9 Å². The van der Waals surface area contributed by atoms with E-state index in [1.54, 1.807) is 0 Å². The van der Waals surface area contributed by atoms with Crippen LogP contribution in [0.4, 0.5) is 26.3 Å². The van der Waals surface area contributed by atoms with Crippen molar-refractivity contribution in [1.82, 2.24) is 4.90 Å². The second kappa shape index (κ2) is 12.8. The molecule has 0 saturated heterocycles. The standard InChI is InChI=1S/C29H30ClF6NO4S/c1-27(2,38)23-13-12-22(16-25(23)42(3,39)40)41-15-5-14-37(18-28(32,33)20-8-10-21(31)11-9-20)17-19-6-4-7-24(26(19)30)29(34,35)36/h4,6-13,16,38H,5,14-15,17-18H2,1-3H3. The minimum atomic E-state index is -4.74. The molecule has 42 heavy (non-hydrogen) atoms. The summed E-state index contributed by atoms with van der Waals surface area (Å²) in [5, 5.41) is 9.73. The lowest BCUT2D eigenvalue weighted by atomic mass is 9.98. The van der Waals surface area contributed by atoms with Gasteiger partial charge in [-0.05, 0) is 56.2 Å². The lowest BCUT2D eigenvalue weighted by Gasteiger charge is -2.28. The topological polar surface area (TPSA) is 66.8 Å². The van der Waals surface area contributed by atoms with Crippen LogP contribution in [-0.2, 0) is 34.1 Å². The van der Waals surface area contributed by atoms with Crippen molar-refractivity contribution in [3.63, 3.8) is 0 Å². The molecule has 0 unspecified atom stereocenters. The third kappa shape index (κ3) is 8.85. The van der Waals surface area contributed by atoms with Gasteiger partial charge in [0.25, 0.3) is 5.92 Å². The zero-order valence-corrected chi connectivity index (χ0v) is 24.6. The number of benzene rings is 3. The van der Waals surface area contributed by atoms with Crippen LogP contribution in [0.15, 0.2) is 65.6 Å². The number of sulfone groups is 1. The third-order valence-corrected chi connectivity index (χ3v) is 7.95. The van der Waals surface area contributed by atoms with Gasteiger partial charge in [-0.25, -0.2) is 12.8 Å². The highest BCUT2D eigenvalue weighted by Gasteiger charge is 2.36. The zero-order valence-electron chi connectivity index (χ0n) is 23.0. The molecule has 5 nitrogen and oxygen atoms in total. The molecule has 0 aliphatic heterocycles. The summed E-state index contributed by atoms with van der Waals surface area (Å²) >= 11 is 6.01. The van der Waals surface area contributed by atoms with Crippen molar-refractivity contribution in [3.8, 4) is 5.75 Å². The van der Waals surface area contributed by atoms with Gasteiger partial charge in [0.15, 0.2) is 9.84 Å². The third-order valence-electron chi connectivity index (χ3n) is 6.37. The number of nitrogens with zero attached hydrogens (tertiary/aromatic N) is 1. The summed E-state index contributed by atoms with van der Waals surface area (Å²) in [4.78, 5) is 1.08. The molecule has 1 N–H and O–H groups in total. The summed E-state index contributed by atoms with van der Waals surface area (Å²) in [6.45, 7) is 1.49. The number of ether oxygens (including phenoxy) is 1. The molecule has 3 aromatic carbocycles. The highest BCUT2D eigenvalue weighted by molar-refractivity contribution is 7.90. The van der Waals surface area contributed by atoms with Crippen LogP contribution in [0.1, 0.15) is 42.5 Å². The first-order chi connectivity index (χ1) is 19.3. The second-order valence-electron chi connectivity index (χ2n) is 10.4. The average molecular weight is 638 g/mol. The molecule has 3 rings (SSSR count). The smallest absolute Gasteiger partial charge is 0.417 e. The predicted molar refractivity (Wildman–Crippen MR) is 147 cm³/mol. The number of aliphatic hydroxyl groups is 1. The Balaban J connectivity index is 1.80. The molecule has 0 heterocycles. The molecule has 0 saturated carbocycles. The molecule has 3 aromatic rings. The van der Waals surface area contributed by atoms with E-state index in [1.807, 2.05) is 0 Å². The highest BCUT2D eigenvalue weighted by Crippen LogP contribution is 2.37. The van der Waals surface area contributed by atoms with Crippen molar-refractivity contribution in [3.05, 3.63) is 93.8 Å². The first-order valence-electron chi connectivity index (χ1n) is 12.7. The Labute approximate surface area is 245 Å². The van der Waals surface area contributed by atoms with Crippen molar-refractivity contribution in [2.24, 2.45) is 0 Å². The SMILES string of the molecule is CC(C)(O)c1ccc(OCCCN(Cc2cccc(C(F)(F)F)c2Cl)CC(F)(F)c2ccc(F)cc2)cc1S(C)(=O)=O. The normalized spacial score (nSPS) is 13.0. The van der Waals surface area contributed by atoms with Gasteiger partial charge in [-0.3, -0.25) is 4.90 Å². The van der Waals surface area contributed by atoms with Gasteiger partial charge in [-0.1, -0.05) is 41.9 Å². The van der Waals surface area contributed by atoms with E-state index in [4.69, 9.17) is 16.3 Å². The number of rotatable bonds is 12. The Kier molecular flexibility index (Phi) is 10.3. The minimum Gasteiger partial charge on any atom is -0.494 e. The van der Waals surface area contributed by atoms with Crippen molar-refractivity contribution in [1.29, 1.82) is 0 Å². The van der Waals surface area contributed by atoms with Gasteiger partial charge in [0.2, 0.25) is 0 Å². The Morgan fingerprint density at radius 2 is 1.60 bits per heavy atom. The van der Waals surface area contributed by atoms with Crippen LogP contribution in [-0.4, -0.2) is 44.4 Å². The summed E-state index contributed by atoms with van der Waals surface area (Å²) in [6.07, 6.45) is -3.63. The van der Waals surface area contributed by atoms with E-state index in [9.17, 15) is 31.1 Å². The monoisotopic (exact) mass is 637 g/mol. The number of hydrogen-bond acceptors (Lipinski definition) is 5. The largest absolute Gasteiger partial charge is 0.494 e. The van der Waals surface area contributed by atoms with E-state index in [2.05, 4.69) is 0 Å². The van der Waals surface area contributed by atoms with Crippen LogP contribution < -0.4 is 4.74 Å². The minimum absolute atomic E-state index is 0.0117. The molecule has 13 heteroatoms. The molecule has 0 aliphatic rings. The van der Waals surface area contributed by atoms with Crippen LogP contribution in [0.25, 0.3) is 0 Å². The lowest BCUT2D eigenvalue weighted by molar-refractivity contribution is -0.137. The summed E-state index contributed by atoms with van der Waals surface area (Å²) in [5.74, 6) is -4.03. The Bertz CT molecular complexity index is 1490. The fourth-order valence-corrected chi connectivity index (χ4v) is 5.66. The molecular formula is C29H30ClF6NO4S. The molecule has 0 aliphatic carbocycles. The van der Waals surface area contributed by atoms with Crippen LogP contribution in [0.3, 0.4) is 0 Å². The van der Waals surface area contributed by atoms with Crippen molar-refractivity contribution < 1.29 is 44.6 Å². The number of halogens is 7. The summed E-state index contributed by atoms with van der Waals surface area (Å²) in [6, 6.07) is 11.0. The van der Waals surface area contributed by atoms with Crippen LogP contribution >= 0.6 is 11.6 Å². The molecule has 0 atom stereocenters. The Morgan fingerprint density at radius 1 is 0.952 bits per heavy atom. The van der Waals surface area contributed by atoms with Gasteiger partial charge in [0, 0.05) is 30.5 Å². The van der Waals surface area contributed by atoms with Crippen molar-refractivity contribution in [2.45, 2.75) is 49.4 Å². The average Bonchev–Trinajstić information content (AvgIpc) is 2.86. The fraction of sp³-hybridized carbons (Fsp3) is 0.379. The van der Waals surface area contributed by atoms with Crippen LogP contribution in [0.2, 0.25) is 5.02 Å². The van der Waals surface area contributed by atoms with Gasteiger partial charge in [0.05, 0.1) is 34.2 Å². The van der Waals surface area contributed by atoms with Gasteiger partial charge in [0.1, 0.15) is 11.6 Å². The molecule has 0 bridgehead atoms. The predicted octanol–water partition coefficient (Wildman–Crippen LogP) is 7.19. The van der Waals surface area contributed by atoms with Crippen molar-refractivity contribution >= 4 is 21.4 Å². The first-order valence-corrected chi connectivity index (χ1v) is 15.0. The first kappa shape index (κ1) is 33.7. The zero-order chi connectivity index (χ0) is 31.5. The van der Waals surface area contributed by atoms with Gasteiger partial charge < -0.3 is 9.84 Å². The van der Waals surface area contributed by atoms with E-state index in [0.29, 0.717) is 0 Å². The molecule has 0 spiro atoms. The van der Waals surface area contributed by atoms with E-state index >= 15 is 8.78 Å². The maximum Gasteiger partial charge on any atom is 0.417 e. The molecule has 0 amide bonds. The summed E-state index contributed by atoms with van der Waals surface area (Å²) < 4.78 is 114. The van der Waals surface area contributed by atoms with Crippen molar-refractivity contribution in [2.75, 3.05) is 26.0 Å². The van der Waals surface area contributed by atoms with Gasteiger partial charge in [-0.15, -0.1) is 0 Å². The van der Waals surface area contributed by atoms with E-state index in [1.165, 1.54) is 43.0 Å². The van der Waals surface area contributed by atoms with Gasteiger partial charge in [-0.2, -0.15) is 22.0 Å². The molecule has 0 aromatic heterocycles. The highest BCUT2D eigenvalue weighted by atomic mass is 35.5. The summed E-state index contributed by atoms with van der Waals surface area (Å²) in [5.41, 5.74) is -2.85. The quantitative estimate of drug-likeness (QED) is 0.168. The Hall–Kier alpha value is -2.80. The molecule has 0 radical (unpaired) electrons. The van der Waals surface area contributed by atoms with E-state index in [0.717, 1.165) is 42.7 Å². The van der Waals surface area contributed by atoms with Crippen LogP contribution in [0.5, 0.6) is 5.75 Å². The van der Waals surface area contributed by atoms with Crippen LogP contribution in [0, 0.1) is 5.82 Å². The number of alkyl halides is 5. The van der Waals surface area contributed by atoms with Gasteiger partial charge >= 0.3 is 6.18 Å². The maximum atomic E-state index is 15.2.